The first-order valence-electron chi connectivity index (χ1n) is 5.26. The lowest BCUT2D eigenvalue weighted by molar-refractivity contribution is -0.168. The van der Waals surface area contributed by atoms with E-state index in [1.165, 1.54) is 0 Å². The smallest absolute Gasteiger partial charge is 0.361 e. The number of ether oxygens (including phenoxy) is 1. The maximum Gasteiger partial charge on any atom is 0.411 e. The number of aromatic nitrogens is 3. The molecule has 0 unspecified atom stereocenters. The molecule has 0 fully saturated rings. The lowest BCUT2D eigenvalue weighted by atomic mass is 10.4. The van der Waals surface area contributed by atoms with E-state index in [0.717, 1.165) is 11.8 Å². The molecule has 0 saturated carbocycles. The number of thioether (sulfide) groups is 1. The Morgan fingerprint density at radius 2 is 2.06 bits per heavy atom. The largest absolute Gasteiger partial charge is 0.411 e. The fourth-order valence-electron chi connectivity index (χ4n) is 1.32. The molecule has 0 aliphatic heterocycles. The predicted octanol–water partition coefficient (Wildman–Crippen LogP) is 1.95. The van der Waals surface area contributed by atoms with Gasteiger partial charge in [0, 0.05) is 6.04 Å². The molecule has 0 saturated heterocycles. The molecule has 0 aliphatic carbocycles. The quantitative estimate of drug-likeness (QED) is 0.491. The Balaban J connectivity index is 2.55. The average molecular weight is 284 g/mol. The van der Waals surface area contributed by atoms with Crippen LogP contribution in [0.3, 0.4) is 0 Å². The first-order chi connectivity index (χ1) is 8.35. The summed E-state index contributed by atoms with van der Waals surface area (Å²) in [7, 11) is 0. The van der Waals surface area contributed by atoms with E-state index in [-0.39, 0.29) is 18.5 Å². The minimum atomic E-state index is -4.31. The molecule has 104 valence electrons. The topological polar surface area (TPSA) is 66.0 Å². The Bertz CT molecular complexity index is 380. The van der Waals surface area contributed by atoms with Gasteiger partial charge in [-0.3, -0.25) is 0 Å². The molecule has 0 bridgehead atoms. The van der Waals surface area contributed by atoms with E-state index in [2.05, 4.69) is 14.9 Å². The average Bonchev–Trinajstić information content (AvgIpc) is 2.66. The maximum absolute atomic E-state index is 11.9. The van der Waals surface area contributed by atoms with Gasteiger partial charge in [0.15, 0.2) is 5.16 Å². The highest BCUT2D eigenvalue weighted by atomic mass is 32.2. The third-order valence-electron chi connectivity index (χ3n) is 1.97. The molecular weight excluding hydrogens is 269 g/mol. The third-order valence-corrected chi connectivity index (χ3v) is 2.79. The van der Waals surface area contributed by atoms with Crippen molar-refractivity contribution in [1.29, 1.82) is 0 Å². The number of hydrogen-bond acceptors (Lipinski definition) is 5. The minimum Gasteiger partial charge on any atom is -0.361 e. The molecule has 0 atom stereocenters. The van der Waals surface area contributed by atoms with Gasteiger partial charge in [-0.05, 0) is 13.8 Å². The van der Waals surface area contributed by atoms with Gasteiger partial charge < -0.3 is 15.0 Å². The van der Waals surface area contributed by atoms with Gasteiger partial charge in [0.25, 0.3) is 0 Å². The van der Waals surface area contributed by atoms with Crippen LogP contribution < -0.4 is 5.73 Å². The number of alkyl halides is 3. The van der Waals surface area contributed by atoms with E-state index < -0.39 is 12.8 Å². The van der Waals surface area contributed by atoms with E-state index in [9.17, 15) is 13.2 Å². The van der Waals surface area contributed by atoms with E-state index in [4.69, 9.17) is 5.73 Å². The molecule has 0 aliphatic rings. The Hall–Kier alpha value is -0.800. The fourth-order valence-corrected chi connectivity index (χ4v) is 2.14. The number of hydrogen-bond donors (Lipinski definition) is 1. The Morgan fingerprint density at radius 1 is 1.39 bits per heavy atom. The molecule has 1 rings (SSSR count). The summed E-state index contributed by atoms with van der Waals surface area (Å²) in [5, 5.41) is 8.26. The summed E-state index contributed by atoms with van der Waals surface area (Å²) < 4.78 is 41.9. The van der Waals surface area contributed by atoms with Gasteiger partial charge in [0.05, 0.1) is 6.54 Å². The number of rotatable bonds is 6. The summed E-state index contributed by atoms with van der Waals surface area (Å²) in [6, 6.07) is 0.0867. The van der Waals surface area contributed by atoms with Crippen molar-refractivity contribution in [3.63, 3.8) is 0 Å². The van der Waals surface area contributed by atoms with Crippen LogP contribution >= 0.6 is 11.8 Å². The monoisotopic (exact) mass is 284 g/mol. The lowest BCUT2D eigenvalue weighted by Gasteiger charge is -2.13. The van der Waals surface area contributed by atoms with Crippen molar-refractivity contribution in [2.24, 2.45) is 5.73 Å². The van der Waals surface area contributed by atoms with Crippen LogP contribution in [0.2, 0.25) is 0 Å². The maximum atomic E-state index is 11.9. The van der Waals surface area contributed by atoms with Crippen molar-refractivity contribution in [2.75, 3.05) is 12.5 Å². The van der Waals surface area contributed by atoms with Crippen LogP contribution in [0.1, 0.15) is 25.7 Å². The summed E-state index contributed by atoms with van der Waals surface area (Å²) in [6.07, 6.45) is -4.31. The summed E-state index contributed by atoms with van der Waals surface area (Å²) in [5.74, 6) is 0.470. The molecular formula is C9H15F3N4OS. The first kappa shape index (κ1) is 15.3. The molecule has 0 radical (unpaired) electrons. The summed E-state index contributed by atoms with van der Waals surface area (Å²) in [4.78, 5) is 0. The summed E-state index contributed by atoms with van der Waals surface area (Å²) in [5.41, 5.74) is 5.50. The third kappa shape index (κ3) is 4.46. The number of halogens is 3. The second kappa shape index (κ2) is 6.39. The van der Waals surface area contributed by atoms with Crippen molar-refractivity contribution >= 4 is 11.8 Å². The highest BCUT2D eigenvalue weighted by Crippen LogP contribution is 2.22. The van der Waals surface area contributed by atoms with Gasteiger partial charge >= 0.3 is 6.18 Å². The molecule has 2 N–H and O–H groups in total. The van der Waals surface area contributed by atoms with Crippen LogP contribution in [-0.2, 0) is 11.3 Å². The van der Waals surface area contributed by atoms with Gasteiger partial charge in [0.2, 0.25) is 0 Å². The fraction of sp³-hybridized carbons (Fsp3) is 0.778. The summed E-state index contributed by atoms with van der Waals surface area (Å²) >= 11 is 1.06. The first-order valence-corrected chi connectivity index (χ1v) is 6.25. The van der Waals surface area contributed by atoms with E-state index in [1.807, 2.05) is 13.8 Å². The zero-order valence-electron chi connectivity index (χ0n) is 10.1. The molecule has 0 amide bonds. The van der Waals surface area contributed by atoms with Crippen LogP contribution in [0, 0.1) is 0 Å². The van der Waals surface area contributed by atoms with Gasteiger partial charge in [-0.25, -0.2) is 0 Å². The second-order valence-corrected chi connectivity index (χ2v) is 4.68. The molecule has 1 aromatic heterocycles. The van der Waals surface area contributed by atoms with Crippen LogP contribution in [0.4, 0.5) is 13.2 Å². The minimum absolute atomic E-state index is 0.0867. The lowest BCUT2D eigenvalue weighted by Crippen LogP contribution is -2.17. The van der Waals surface area contributed by atoms with Crippen molar-refractivity contribution in [3.8, 4) is 0 Å². The molecule has 0 spiro atoms. The zero-order chi connectivity index (χ0) is 13.8. The SMILES string of the molecule is CC(C)n1c(CN)nnc1SCOCC(F)(F)F. The van der Waals surface area contributed by atoms with Crippen LogP contribution in [0.25, 0.3) is 0 Å². The van der Waals surface area contributed by atoms with Crippen molar-refractivity contribution in [3.05, 3.63) is 5.82 Å². The molecule has 0 aromatic carbocycles. The Labute approximate surface area is 107 Å². The van der Waals surface area contributed by atoms with E-state index in [0.29, 0.717) is 11.0 Å². The second-order valence-electron chi connectivity index (χ2n) is 3.79. The van der Waals surface area contributed by atoms with Crippen LogP contribution in [-0.4, -0.2) is 33.5 Å². The molecule has 1 heterocycles. The van der Waals surface area contributed by atoms with E-state index >= 15 is 0 Å². The zero-order valence-corrected chi connectivity index (χ0v) is 10.9. The predicted molar refractivity (Wildman–Crippen MR) is 61.0 cm³/mol. The van der Waals surface area contributed by atoms with Gasteiger partial charge in [-0.2, -0.15) is 13.2 Å². The van der Waals surface area contributed by atoms with Gasteiger partial charge in [0.1, 0.15) is 18.4 Å². The van der Waals surface area contributed by atoms with E-state index in [1.54, 1.807) is 4.57 Å². The number of nitrogens with two attached hydrogens (primary N) is 1. The van der Waals surface area contributed by atoms with Gasteiger partial charge in [-0.1, -0.05) is 11.8 Å². The molecule has 18 heavy (non-hydrogen) atoms. The summed E-state index contributed by atoms with van der Waals surface area (Å²) in [6.45, 7) is 2.81. The molecule has 1 aromatic rings. The van der Waals surface area contributed by atoms with Crippen LogP contribution in [0.15, 0.2) is 5.16 Å². The highest BCUT2D eigenvalue weighted by Gasteiger charge is 2.27. The molecule has 9 heteroatoms. The highest BCUT2D eigenvalue weighted by molar-refractivity contribution is 7.99. The van der Waals surface area contributed by atoms with Crippen molar-refractivity contribution < 1.29 is 17.9 Å². The molecule has 5 nitrogen and oxygen atoms in total. The van der Waals surface area contributed by atoms with Gasteiger partial charge in [-0.15, -0.1) is 10.2 Å². The van der Waals surface area contributed by atoms with Crippen LogP contribution in [0.5, 0.6) is 0 Å². The van der Waals surface area contributed by atoms with Crippen molar-refractivity contribution in [2.45, 2.75) is 37.8 Å². The standard InChI is InChI=1S/C9H15F3N4OS/c1-6(2)16-7(3-13)14-15-8(16)18-5-17-4-9(10,11)12/h6H,3-5,13H2,1-2H3. The Kier molecular flexibility index (Phi) is 5.42. The number of nitrogens with zero attached hydrogens (tertiary/aromatic N) is 3. The van der Waals surface area contributed by atoms with Crippen molar-refractivity contribution in [1.82, 2.24) is 14.8 Å². The normalized spacial score (nSPS) is 12.4. The Morgan fingerprint density at radius 3 is 2.56 bits per heavy atom.